The molecule has 0 aliphatic carbocycles. The number of pyridine rings is 1. The standard InChI is InChI=1S/C12H14N2S/c1-10-12(3-2-5-14-10)8-13-7-11-4-6-15-9-11/h2-6,9,13H,7-8H2,1H3. The van der Waals surface area contributed by atoms with Gasteiger partial charge < -0.3 is 5.32 Å². The average Bonchev–Trinajstić information content (AvgIpc) is 2.74. The summed E-state index contributed by atoms with van der Waals surface area (Å²) in [6.07, 6.45) is 1.83. The van der Waals surface area contributed by atoms with E-state index >= 15 is 0 Å². The van der Waals surface area contributed by atoms with Gasteiger partial charge >= 0.3 is 0 Å². The van der Waals surface area contributed by atoms with Crippen LogP contribution in [0.1, 0.15) is 16.8 Å². The van der Waals surface area contributed by atoms with Crippen LogP contribution in [0.25, 0.3) is 0 Å². The summed E-state index contributed by atoms with van der Waals surface area (Å²) >= 11 is 1.74. The molecule has 15 heavy (non-hydrogen) atoms. The van der Waals surface area contributed by atoms with Crippen molar-refractivity contribution in [1.82, 2.24) is 10.3 Å². The van der Waals surface area contributed by atoms with Crippen LogP contribution >= 0.6 is 11.3 Å². The molecule has 0 aliphatic rings. The Morgan fingerprint density at radius 1 is 1.33 bits per heavy atom. The van der Waals surface area contributed by atoms with E-state index in [0.29, 0.717) is 0 Å². The maximum atomic E-state index is 4.26. The largest absolute Gasteiger partial charge is 0.309 e. The van der Waals surface area contributed by atoms with E-state index < -0.39 is 0 Å². The van der Waals surface area contributed by atoms with E-state index in [0.717, 1.165) is 18.8 Å². The van der Waals surface area contributed by atoms with Crippen LogP contribution in [-0.2, 0) is 13.1 Å². The zero-order valence-corrected chi connectivity index (χ0v) is 9.55. The van der Waals surface area contributed by atoms with Crippen molar-refractivity contribution in [3.63, 3.8) is 0 Å². The summed E-state index contributed by atoms with van der Waals surface area (Å²) in [5.74, 6) is 0. The zero-order chi connectivity index (χ0) is 10.5. The predicted octanol–water partition coefficient (Wildman–Crippen LogP) is 2.74. The molecule has 0 saturated carbocycles. The van der Waals surface area contributed by atoms with Gasteiger partial charge in [-0.3, -0.25) is 4.98 Å². The summed E-state index contributed by atoms with van der Waals surface area (Å²) in [5.41, 5.74) is 3.73. The van der Waals surface area contributed by atoms with Gasteiger partial charge in [-0.15, -0.1) is 0 Å². The molecule has 0 saturated heterocycles. The van der Waals surface area contributed by atoms with Crippen molar-refractivity contribution >= 4 is 11.3 Å². The third-order valence-corrected chi connectivity index (χ3v) is 3.07. The van der Waals surface area contributed by atoms with Gasteiger partial charge in [0.1, 0.15) is 0 Å². The van der Waals surface area contributed by atoms with Crippen LogP contribution in [0.15, 0.2) is 35.2 Å². The van der Waals surface area contributed by atoms with Gasteiger partial charge in [0.05, 0.1) is 0 Å². The van der Waals surface area contributed by atoms with Crippen molar-refractivity contribution in [1.29, 1.82) is 0 Å². The zero-order valence-electron chi connectivity index (χ0n) is 8.73. The second-order valence-corrected chi connectivity index (χ2v) is 4.26. The second kappa shape index (κ2) is 5.05. The van der Waals surface area contributed by atoms with Crippen LogP contribution < -0.4 is 5.32 Å². The van der Waals surface area contributed by atoms with E-state index in [1.54, 1.807) is 11.3 Å². The first-order valence-electron chi connectivity index (χ1n) is 4.98. The highest BCUT2D eigenvalue weighted by atomic mass is 32.1. The highest BCUT2D eigenvalue weighted by molar-refractivity contribution is 7.07. The Labute approximate surface area is 94.0 Å². The molecule has 2 heterocycles. The van der Waals surface area contributed by atoms with Gasteiger partial charge in [0.2, 0.25) is 0 Å². The molecule has 2 nitrogen and oxygen atoms in total. The summed E-state index contributed by atoms with van der Waals surface area (Å²) in [5, 5.41) is 7.68. The lowest BCUT2D eigenvalue weighted by Crippen LogP contribution is -2.13. The van der Waals surface area contributed by atoms with E-state index in [1.165, 1.54) is 11.1 Å². The van der Waals surface area contributed by atoms with E-state index in [4.69, 9.17) is 0 Å². The quantitative estimate of drug-likeness (QED) is 0.853. The molecule has 0 aromatic carbocycles. The molecule has 2 rings (SSSR count). The van der Waals surface area contributed by atoms with Gasteiger partial charge in [0.15, 0.2) is 0 Å². The molecular weight excluding hydrogens is 204 g/mol. The Morgan fingerprint density at radius 3 is 3.00 bits per heavy atom. The molecule has 78 valence electrons. The number of nitrogens with one attached hydrogen (secondary N) is 1. The van der Waals surface area contributed by atoms with Crippen LogP contribution in [-0.4, -0.2) is 4.98 Å². The fourth-order valence-electron chi connectivity index (χ4n) is 1.44. The second-order valence-electron chi connectivity index (χ2n) is 3.48. The Morgan fingerprint density at radius 2 is 2.27 bits per heavy atom. The molecule has 2 aromatic rings. The Balaban J connectivity index is 1.86. The summed E-state index contributed by atoms with van der Waals surface area (Å²) < 4.78 is 0. The molecule has 0 bridgehead atoms. The van der Waals surface area contributed by atoms with Crippen molar-refractivity contribution in [2.24, 2.45) is 0 Å². The first-order valence-corrected chi connectivity index (χ1v) is 5.93. The molecule has 1 N–H and O–H groups in total. The van der Waals surface area contributed by atoms with Crippen molar-refractivity contribution in [2.45, 2.75) is 20.0 Å². The first-order chi connectivity index (χ1) is 7.36. The lowest BCUT2D eigenvalue weighted by Gasteiger charge is -2.05. The highest BCUT2D eigenvalue weighted by Crippen LogP contribution is 2.07. The van der Waals surface area contributed by atoms with Crippen LogP contribution in [0.3, 0.4) is 0 Å². The monoisotopic (exact) mass is 218 g/mol. The molecule has 0 radical (unpaired) electrons. The Bertz CT molecular complexity index is 409. The van der Waals surface area contributed by atoms with Gasteiger partial charge in [-0.1, -0.05) is 6.07 Å². The van der Waals surface area contributed by atoms with E-state index in [1.807, 2.05) is 19.2 Å². The predicted molar refractivity (Wildman–Crippen MR) is 63.8 cm³/mol. The third-order valence-electron chi connectivity index (χ3n) is 2.34. The summed E-state index contributed by atoms with van der Waals surface area (Å²) in [6, 6.07) is 6.24. The summed E-state index contributed by atoms with van der Waals surface area (Å²) in [6.45, 7) is 3.86. The molecule has 0 atom stereocenters. The average molecular weight is 218 g/mol. The van der Waals surface area contributed by atoms with Gasteiger partial charge in [0.25, 0.3) is 0 Å². The normalized spacial score (nSPS) is 10.5. The van der Waals surface area contributed by atoms with Crippen LogP contribution in [0, 0.1) is 6.92 Å². The van der Waals surface area contributed by atoms with Crippen molar-refractivity contribution in [2.75, 3.05) is 0 Å². The minimum atomic E-state index is 0.884. The van der Waals surface area contributed by atoms with Crippen LogP contribution in [0.2, 0.25) is 0 Å². The topological polar surface area (TPSA) is 24.9 Å². The number of hydrogen-bond acceptors (Lipinski definition) is 3. The summed E-state index contributed by atoms with van der Waals surface area (Å²) in [7, 11) is 0. The number of aromatic nitrogens is 1. The molecule has 2 aromatic heterocycles. The minimum Gasteiger partial charge on any atom is -0.309 e. The van der Waals surface area contributed by atoms with Crippen molar-refractivity contribution in [3.8, 4) is 0 Å². The lowest BCUT2D eigenvalue weighted by molar-refractivity contribution is 0.689. The molecule has 0 amide bonds. The number of thiophene rings is 1. The smallest absolute Gasteiger partial charge is 0.0417 e. The first kappa shape index (κ1) is 10.3. The molecule has 0 spiro atoms. The number of rotatable bonds is 4. The fourth-order valence-corrected chi connectivity index (χ4v) is 2.11. The maximum Gasteiger partial charge on any atom is 0.0417 e. The van der Waals surface area contributed by atoms with E-state index in [9.17, 15) is 0 Å². The fraction of sp³-hybridized carbons (Fsp3) is 0.250. The molecular formula is C12H14N2S. The highest BCUT2D eigenvalue weighted by Gasteiger charge is 1.97. The summed E-state index contributed by atoms with van der Waals surface area (Å²) in [4.78, 5) is 4.26. The maximum absolute atomic E-state index is 4.26. The van der Waals surface area contributed by atoms with Gasteiger partial charge in [-0.25, -0.2) is 0 Å². The minimum absolute atomic E-state index is 0.884. The lowest BCUT2D eigenvalue weighted by atomic mass is 10.2. The molecule has 0 fully saturated rings. The van der Waals surface area contributed by atoms with Gasteiger partial charge in [-0.05, 0) is 40.9 Å². The Hall–Kier alpha value is -1.19. The number of hydrogen-bond donors (Lipinski definition) is 1. The molecule has 3 heteroatoms. The number of nitrogens with zero attached hydrogens (tertiary/aromatic N) is 1. The SMILES string of the molecule is Cc1ncccc1CNCc1ccsc1. The van der Waals surface area contributed by atoms with Crippen molar-refractivity contribution < 1.29 is 0 Å². The molecule has 0 aliphatic heterocycles. The Kier molecular flexibility index (Phi) is 3.48. The third kappa shape index (κ3) is 2.88. The van der Waals surface area contributed by atoms with Gasteiger partial charge in [0, 0.05) is 25.0 Å². The molecule has 0 unspecified atom stereocenters. The van der Waals surface area contributed by atoms with Crippen molar-refractivity contribution in [3.05, 3.63) is 52.0 Å². The van der Waals surface area contributed by atoms with Crippen LogP contribution in [0.5, 0.6) is 0 Å². The van der Waals surface area contributed by atoms with Gasteiger partial charge in [-0.2, -0.15) is 11.3 Å². The van der Waals surface area contributed by atoms with E-state index in [2.05, 4.69) is 33.2 Å². The number of aryl methyl sites for hydroxylation is 1. The van der Waals surface area contributed by atoms with Crippen LogP contribution in [0.4, 0.5) is 0 Å². The van der Waals surface area contributed by atoms with E-state index in [-0.39, 0.29) is 0 Å².